The summed E-state index contributed by atoms with van der Waals surface area (Å²) in [6, 6.07) is 0. The minimum Gasteiger partial charge on any atom is -0.380 e. The van der Waals surface area contributed by atoms with Crippen molar-refractivity contribution in [2.45, 2.75) is 148 Å². The van der Waals surface area contributed by atoms with E-state index >= 15 is 0 Å². The molecule has 2 N–H and O–H groups in total. The van der Waals surface area contributed by atoms with Crippen molar-refractivity contribution in [2.75, 3.05) is 46.1 Å². The fourth-order valence-electron chi connectivity index (χ4n) is 5.32. The van der Waals surface area contributed by atoms with E-state index in [4.69, 9.17) is 14.2 Å². The van der Waals surface area contributed by atoms with Gasteiger partial charge in [0.15, 0.2) is 0 Å². The van der Waals surface area contributed by atoms with E-state index in [0.717, 1.165) is 19.3 Å². The van der Waals surface area contributed by atoms with Gasteiger partial charge in [0.05, 0.1) is 32.0 Å². The van der Waals surface area contributed by atoms with Crippen molar-refractivity contribution in [3.63, 3.8) is 0 Å². The molecule has 0 heterocycles. The van der Waals surface area contributed by atoms with Gasteiger partial charge in [0, 0.05) is 42.4 Å². The molecule has 0 aliphatic carbocycles. The molecule has 0 atom stereocenters. The van der Waals surface area contributed by atoms with Crippen molar-refractivity contribution in [3.8, 4) is 0 Å². The zero-order valence-corrected chi connectivity index (χ0v) is 32.7. The normalized spacial score (nSPS) is 13.9. The third kappa shape index (κ3) is 22.1. The van der Waals surface area contributed by atoms with E-state index in [2.05, 4.69) is 108 Å². The maximum absolute atomic E-state index is 13.0. The predicted octanol–water partition coefficient (Wildman–Crippen LogP) is 8.44. The summed E-state index contributed by atoms with van der Waals surface area (Å²) in [6.07, 6.45) is 4.34. The largest absolute Gasteiger partial charge is 0.380 e. The number of hydrogen-bond acceptors (Lipinski definition) is 5. The van der Waals surface area contributed by atoms with Crippen LogP contribution in [0.2, 0.25) is 0 Å². The van der Waals surface area contributed by atoms with Crippen LogP contribution in [0.15, 0.2) is 0 Å². The smallest absolute Gasteiger partial charge is 0.225 e. The van der Waals surface area contributed by atoms with Gasteiger partial charge in [0.25, 0.3) is 0 Å². The molecule has 0 spiro atoms. The Morgan fingerprint density at radius 3 is 1.56 bits per heavy atom. The van der Waals surface area contributed by atoms with Crippen LogP contribution in [0.4, 0.5) is 0 Å². The van der Waals surface area contributed by atoms with Crippen LogP contribution in [0, 0.1) is 38.9 Å². The zero-order valence-electron chi connectivity index (χ0n) is 32.7. The summed E-state index contributed by atoms with van der Waals surface area (Å²) in [4.78, 5) is 25.8. The van der Waals surface area contributed by atoms with Gasteiger partial charge in [-0.1, -0.05) is 96.9 Å². The molecule has 0 saturated heterocycles. The Balaban J connectivity index is 4.53. The van der Waals surface area contributed by atoms with Gasteiger partial charge >= 0.3 is 0 Å². The molecule has 0 aliphatic heterocycles. The fourth-order valence-corrected chi connectivity index (χ4v) is 5.32. The highest BCUT2D eigenvalue weighted by Gasteiger charge is 2.31. The third-order valence-corrected chi connectivity index (χ3v) is 8.22. The van der Waals surface area contributed by atoms with Gasteiger partial charge in [-0.05, 0) is 62.2 Å². The van der Waals surface area contributed by atoms with E-state index in [0.29, 0.717) is 70.8 Å². The Kier molecular flexibility index (Phi) is 17.9. The van der Waals surface area contributed by atoms with Crippen molar-refractivity contribution in [2.24, 2.45) is 38.9 Å². The first kappa shape index (κ1) is 43.8. The van der Waals surface area contributed by atoms with Crippen molar-refractivity contribution in [1.29, 1.82) is 0 Å². The topological polar surface area (TPSA) is 85.9 Å². The highest BCUT2D eigenvalue weighted by atomic mass is 16.5. The third-order valence-electron chi connectivity index (χ3n) is 8.22. The highest BCUT2D eigenvalue weighted by molar-refractivity contribution is 5.81. The van der Waals surface area contributed by atoms with Crippen molar-refractivity contribution in [3.05, 3.63) is 0 Å². The average molecular weight is 641 g/mol. The molecule has 7 nitrogen and oxygen atoms in total. The van der Waals surface area contributed by atoms with E-state index in [1.165, 1.54) is 0 Å². The number of rotatable bonds is 24. The van der Waals surface area contributed by atoms with E-state index in [-0.39, 0.29) is 39.1 Å². The Labute approximate surface area is 279 Å². The molecule has 45 heavy (non-hydrogen) atoms. The monoisotopic (exact) mass is 641 g/mol. The highest BCUT2D eigenvalue weighted by Crippen LogP contribution is 2.29. The number of hydrogen-bond donors (Lipinski definition) is 2. The predicted molar refractivity (Wildman–Crippen MR) is 189 cm³/mol. The second kappa shape index (κ2) is 18.4. The van der Waals surface area contributed by atoms with Crippen LogP contribution in [0.5, 0.6) is 0 Å². The van der Waals surface area contributed by atoms with Crippen LogP contribution in [-0.4, -0.2) is 63.5 Å². The molecule has 0 aliphatic rings. The van der Waals surface area contributed by atoms with Crippen molar-refractivity contribution < 1.29 is 23.8 Å². The molecule has 268 valence electrons. The molecular formula is C38H76N2O5. The summed E-state index contributed by atoms with van der Waals surface area (Å²) in [5.74, 6) is 1.36. The molecule has 0 aromatic carbocycles. The lowest BCUT2D eigenvalue weighted by Gasteiger charge is -2.32. The summed E-state index contributed by atoms with van der Waals surface area (Å²) in [7, 11) is 0. The average Bonchev–Trinajstić information content (AvgIpc) is 2.83. The molecule has 7 heteroatoms. The molecular weight excluding hydrogens is 564 g/mol. The van der Waals surface area contributed by atoms with Gasteiger partial charge in [-0.15, -0.1) is 0 Å². The maximum Gasteiger partial charge on any atom is 0.225 e. The quantitative estimate of drug-likeness (QED) is 0.111. The second-order valence-corrected chi connectivity index (χ2v) is 19.1. The molecule has 0 aromatic rings. The zero-order chi connectivity index (χ0) is 35.3. The molecule has 0 radical (unpaired) electrons. The van der Waals surface area contributed by atoms with E-state index < -0.39 is 5.41 Å². The number of nitrogens with one attached hydrogen (secondary N) is 2. The summed E-state index contributed by atoms with van der Waals surface area (Å²) in [5.41, 5.74) is -1.25. The van der Waals surface area contributed by atoms with Gasteiger partial charge in [-0.3, -0.25) is 9.59 Å². The van der Waals surface area contributed by atoms with Gasteiger partial charge in [0.1, 0.15) is 0 Å². The van der Waals surface area contributed by atoms with Gasteiger partial charge in [-0.2, -0.15) is 0 Å². The molecule has 2 amide bonds. The molecule has 0 rings (SSSR count). The minimum atomic E-state index is -0.518. The molecule has 0 unspecified atom stereocenters. The Bertz CT molecular complexity index is 871. The molecule has 0 bridgehead atoms. The lowest BCUT2D eigenvalue weighted by Crippen LogP contribution is -2.44. The molecule has 0 saturated carbocycles. The van der Waals surface area contributed by atoms with Gasteiger partial charge < -0.3 is 24.8 Å². The number of carbonyl (C=O) groups excluding carboxylic acids is 2. The molecule has 0 aromatic heterocycles. The first-order valence-electron chi connectivity index (χ1n) is 17.5. The first-order valence-corrected chi connectivity index (χ1v) is 17.5. The van der Waals surface area contributed by atoms with Gasteiger partial charge in [0.2, 0.25) is 11.8 Å². The molecule has 0 fully saturated rings. The second-order valence-electron chi connectivity index (χ2n) is 19.1. The van der Waals surface area contributed by atoms with Crippen LogP contribution in [0.3, 0.4) is 0 Å². The lowest BCUT2D eigenvalue weighted by atomic mass is 9.84. The fraction of sp³-hybridized carbons (Fsp3) is 0.947. The standard InChI is InChI=1S/C38H76N2O5/c1-29(2)17-18-38(15,16)45-20-19-37(13,14)32(42)40-24-36(11,12)28-44-27-35(9,10)23-39-31(41)22-34(7,8)26-43-25-33(5,6)21-30(3)4/h29-30H,17-28H2,1-16H3,(H,39,41)(H,40,42). The van der Waals surface area contributed by atoms with Crippen LogP contribution < -0.4 is 10.6 Å². The SMILES string of the molecule is CC(C)CCC(C)(C)OCCC(C)(C)C(=O)NCC(C)(C)COCC(C)(C)CNC(=O)CC(C)(C)COCC(C)(C)CC(C)C. The van der Waals surface area contributed by atoms with Gasteiger partial charge in [-0.25, -0.2) is 0 Å². The lowest BCUT2D eigenvalue weighted by molar-refractivity contribution is -0.132. The number of ether oxygens (including phenoxy) is 3. The Morgan fingerprint density at radius 2 is 1.07 bits per heavy atom. The number of carbonyl (C=O) groups is 2. The van der Waals surface area contributed by atoms with E-state index in [1.807, 2.05) is 13.8 Å². The van der Waals surface area contributed by atoms with Crippen molar-refractivity contribution >= 4 is 11.8 Å². The van der Waals surface area contributed by atoms with Crippen LogP contribution in [-0.2, 0) is 23.8 Å². The first-order chi connectivity index (χ1) is 20.2. The maximum atomic E-state index is 13.0. The summed E-state index contributed by atoms with van der Waals surface area (Å²) < 4.78 is 18.3. The summed E-state index contributed by atoms with van der Waals surface area (Å²) >= 11 is 0. The van der Waals surface area contributed by atoms with E-state index in [1.54, 1.807) is 0 Å². The van der Waals surface area contributed by atoms with E-state index in [9.17, 15) is 9.59 Å². The Morgan fingerprint density at radius 1 is 0.600 bits per heavy atom. The Hall–Kier alpha value is -1.18. The van der Waals surface area contributed by atoms with Crippen LogP contribution >= 0.6 is 0 Å². The summed E-state index contributed by atoms with van der Waals surface area (Å²) in [5, 5.41) is 6.26. The van der Waals surface area contributed by atoms with Crippen LogP contribution in [0.25, 0.3) is 0 Å². The van der Waals surface area contributed by atoms with Crippen LogP contribution in [0.1, 0.15) is 143 Å². The van der Waals surface area contributed by atoms with Crippen molar-refractivity contribution in [1.82, 2.24) is 10.6 Å². The summed E-state index contributed by atoms with van der Waals surface area (Å²) in [6.45, 7) is 38.1. The minimum absolute atomic E-state index is 0.0355. The number of amides is 2.